The summed E-state index contributed by atoms with van der Waals surface area (Å²) in [4.78, 5) is 18.7. The van der Waals surface area contributed by atoms with E-state index in [1.54, 1.807) is 18.3 Å². The van der Waals surface area contributed by atoms with E-state index >= 15 is 0 Å². The summed E-state index contributed by atoms with van der Waals surface area (Å²) < 4.78 is 0. The van der Waals surface area contributed by atoms with Crippen molar-refractivity contribution in [3.63, 3.8) is 0 Å². The molecule has 112 valence electrons. The fourth-order valence-electron chi connectivity index (χ4n) is 1.92. The van der Waals surface area contributed by atoms with Gasteiger partial charge in [-0.2, -0.15) is 0 Å². The standard InChI is InChI=1S/C15H15N5OS/c1-10-13(21)18-15(20-19-10)16-8-7-12-9-22-14(17-12)11-5-3-2-4-6-11/h2-6,9H,7-8H2,1H3,(H2,16,18,20,21). The van der Waals surface area contributed by atoms with E-state index in [0.717, 1.165) is 22.7 Å². The van der Waals surface area contributed by atoms with Gasteiger partial charge in [-0.05, 0) is 6.92 Å². The number of aromatic amines is 1. The van der Waals surface area contributed by atoms with Crippen molar-refractivity contribution in [3.8, 4) is 10.6 Å². The lowest BCUT2D eigenvalue weighted by molar-refractivity contribution is 0.875. The zero-order chi connectivity index (χ0) is 15.4. The van der Waals surface area contributed by atoms with Crippen molar-refractivity contribution in [1.82, 2.24) is 20.2 Å². The number of hydrogen-bond donors (Lipinski definition) is 2. The molecule has 0 unspecified atom stereocenters. The molecule has 2 heterocycles. The minimum Gasteiger partial charge on any atom is -0.354 e. The average Bonchev–Trinajstić information content (AvgIpc) is 3.01. The normalized spacial score (nSPS) is 10.6. The molecule has 0 radical (unpaired) electrons. The van der Waals surface area contributed by atoms with Crippen LogP contribution in [0.1, 0.15) is 11.4 Å². The molecule has 0 aliphatic heterocycles. The first-order valence-electron chi connectivity index (χ1n) is 6.89. The monoisotopic (exact) mass is 313 g/mol. The third-order valence-corrected chi connectivity index (χ3v) is 4.05. The minimum atomic E-state index is -0.225. The van der Waals surface area contributed by atoms with Crippen molar-refractivity contribution >= 4 is 17.3 Å². The van der Waals surface area contributed by atoms with E-state index in [9.17, 15) is 4.79 Å². The number of nitrogens with one attached hydrogen (secondary N) is 2. The largest absolute Gasteiger partial charge is 0.354 e. The summed E-state index contributed by atoms with van der Waals surface area (Å²) in [6.07, 6.45) is 0.751. The van der Waals surface area contributed by atoms with Gasteiger partial charge in [0.2, 0.25) is 5.95 Å². The van der Waals surface area contributed by atoms with E-state index in [1.165, 1.54) is 0 Å². The van der Waals surface area contributed by atoms with Crippen LogP contribution in [0.3, 0.4) is 0 Å². The Morgan fingerprint density at radius 1 is 1.23 bits per heavy atom. The number of anilines is 1. The lowest BCUT2D eigenvalue weighted by atomic mass is 10.2. The van der Waals surface area contributed by atoms with Crippen LogP contribution in [0.15, 0.2) is 40.5 Å². The summed E-state index contributed by atoms with van der Waals surface area (Å²) >= 11 is 1.63. The van der Waals surface area contributed by atoms with Gasteiger partial charge in [0.05, 0.1) is 5.69 Å². The van der Waals surface area contributed by atoms with Gasteiger partial charge in [-0.25, -0.2) is 4.98 Å². The quantitative estimate of drug-likeness (QED) is 0.755. The van der Waals surface area contributed by atoms with Gasteiger partial charge in [-0.15, -0.1) is 21.5 Å². The van der Waals surface area contributed by atoms with Gasteiger partial charge in [0.1, 0.15) is 10.7 Å². The molecular weight excluding hydrogens is 298 g/mol. The fourth-order valence-corrected chi connectivity index (χ4v) is 2.78. The van der Waals surface area contributed by atoms with Gasteiger partial charge in [0.15, 0.2) is 0 Å². The predicted molar refractivity (Wildman–Crippen MR) is 87.1 cm³/mol. The van der Waals surface area contributed by atoms with Crippen molar-refractivity contribution in [2.24, 2.45) is 0 Å². The van der Waals surface area contributed by atoms with Crippen molar-refractivity contribution in [1.29, 1.82) is 0 Å². The molecule has 0 fully saturated rings. The first-order valence-corrected chi connectivity index (χ1v) is 7.77. The van der Waals surface area contributed by atoms with Crippen LogP contribution in [-0.2, 0) is 6.42 Å². The summed E-state index contributed by atoms with van der Waals surface area (Å²) in [6, 6.07) is 10.1. The molecule has 0 bridgehead atoms. The van der Waals surface area contributed by atoms with Gasteiger partial charge in [0, 0.05) is 23.9 Å². The van der Waals surface area contributed by atoms with E-state index < -0.39 is 0 Å². The Bertz CT molecular complexity index is 812. The summed E-state index contributed by atoms with van der Waals surface area (Å²) in [5.74, 6) is 0.383. The second kappa shape index (κ2) is 6.48. The van der Waals surface area contributed by atoms with Crippen LogP contribution in [0.2, 0.25) is 0 Å². The highest BCUT2D eigenvalue weighted by Gasteiger charge is 2.05. The highest BCUT2D eigenvalue weighted by molar-refractivity contribution is 7.13. The molecule has 6 nitrogen and oxygen atoms in total. The van der Waals surface area contributed by atoms with Crippen LogP contribution in [0.5, 0.6) is 0 Å². The maximum atomic E-state index is 11.4. The van der Waals surface area contributed by atoms with Gasteiger partial charge >= 0.3 is 0 Å². The third kappa shape index (κ3) is 3.37. The second-order valence-corrected chi connectivity index (χ2v) is 5.63. The fraction of sp³-hybridized carbons (Fsp3) is 0.200. The maximum Gasteiger partial charge on any atom is 0.273 e. The van der Waals surface area contributed by atoms with Crippen LogP contribution < -0.4 is 10.9 Å². The molecule has 0 spiro atoms. The van der Waals surface area contributed by atoms with E-state index in [-0.39, 0.29) is 5.56 Å². The lowest BCUT2D eigenvalue weighted by Gasteiger charge is -2.02. The number of aryl methyl sites for hydroxylation is 1. The Labute approximate surface area is 131 Å². The topological polar surface area (TPSA) is 83.6 Å². The van der Waals surface area contributed by atoms with Crippen LogP contribution in [0, 0.1) is 6.92 Å². The zero-order valence-corrected chi connectivity index (χ0v) is 12.9. The van der Waals surface area contributed by atoms with Gasteiger partial charge in [-0.1, -0.05) is 30.3 Å². The Kier molecular flexibility index (Phi) is 4.24. The highest BCUT2D eigenvalue weighted by atomic mass is 32.1. The van der Waals surface area contributed by atoms with Crippen LogP contribution in [0.4, 0.5) is 5.95 Å². The molecule has 0 aliphatic rings. The number of H-pyrrole nitrogens is 1. The Balaban J connectivity index is 1.59. The van der Waals surface area contributed by atoms with Crippen molar-refractivity contribution < 1.29 is 0 Å². The third-order valence-electron chi connectivity index (χ3n) is 3.11. The first kappa shape index (κ1) is 14.4. The smallest absolute Gasteiger partial charge is 0.273 e. The number of thiazole rings is 1. The molecule has 2 N–H and O–H groups in total. The molecule has 1 aromatic carbocycles. The molecule has 0 saturated carbocycles. The summed E-state index contributed by atoms with van der Waals surface area (Å²) in [7, 11) is 0. The van der Waals surface area contributed by atoms with Crippen molar-refractivity contribution in [3.05, 3.63) is 57.5 Å². The molecule has 0 saturated heterocycles. The second-order valence-electron chi connectivity index (χ2n) is 4.77. The predicted octanol–water partition coefficient (Wildman–Crippen LogP) is 2.25. The molecule has 7 heteroatoms. The van der Waals surface area contributed by atoms with Gasteiger partial charge < -0.3 is 5.32 Å². The minimum absolute atomic E-state index is 0.225. The summed E-state index contributed by atoms with van der Waals surface area (Å²) in [5.41, 5.74) is 2.27. The molecule has 0 amide bonds. The summed E-state index contributed by atoms with van der Waals surface area (Å²) in [5, 5.41) is 13.8. The first-order chi connectivity index (χ1) is 10.7. The number of hydrogen-bond acceptors (Lipinski definition) is 6. The average molecular weight is 313 g/mol. The number of aromatic nitrogens is 4. The molecule has 3 aromatic rings. The Hall–Kier alpha value is -2.54. The van der Waals surface area contributed by atoms with E-state index in [1.807, 2.05) is 35.7 Å². The zero-order valence-electron chi connectivity index (χ0n) is 12.0. The highest BCUT2D eigenvalue weighted by Crippen LogP contribution is 2.23. The number of benzene rings is 1. The van der Waals surface area contributed by atoms with Crippen LogP contribution >= 0.6 is 11.3 Å². The maximum absolute atomic E-state index is 11.4. The number of rotatable bonds is 5. The van der Waals surface area contributed by atoms with Gasteiger partial charge in [0.25, 0.3) is 5.56 Å². The Morgan fingerprint density at radius 2 is 2.05 bits per heavy atom. The molecule has 22 heavy (non-hydrogen) atoms. The van der Waals surface area contributed by atoms with Gasteiger partial charge in [-0.3, -0.25) is 9.78 Å². The van der Waals surface area contributed by atoms with Crippen molar-refractivity contribution in [2.75, 3.05) is 11.9 Å². The SMILES string of the molecule is Cc1nnc(NCCc2csc(-c3ccccc3)n2)[nH]c1=O. The van der Waals surface area contributed by atoms with Crippen LogP contribution in [0.25, 0.3) is 10.6 Å². The van der Waals surface area contributed by atoms with Crippen molar-refractivity contribution in [2.45, 2.75) is 13.3 Å². The van der Waals surface area contributed by atoms with E-state index in [0.29, 0.717) is 18.2 Å². The molecular formula is C15H15N5OS. The lowest BCUT2D eigenvalue weighted by Crippen LogP contribution is -2.18. The molecule has 0 atom stereocenters. The molecule has 0 aliphatic carbocycles. The molecule has 3 rings (SSSR count). The number of nitrogens with zero attached hydrogens (tertiary/aromatic N) is 3. The molecule has 2 aromatic heterocycles. The summed E-state index contributed by atoms with van der Waals surface area (Å²) in [6.45, 7) is 2.25. The van der Waals surface area contributed by atoms with E-state index in [2.05, 4.69) is 25.5 Å². The van der Waals surface area contributed by atoms with Crippen LogP contribution in [-0.4, -0.2) is 26.7 Å². The Morgan fingerprint density at radius 3 is 2.82 bits per heavy atom. The van der Waals surface area contributed by atoms with E-state index in [4.69, 9.17) is 0 Å².